The van der Waals surface area contributed by atoms with Crippen LogP contribution in [-0.2, 0) is 0 Å². The summed E-state index contributed by atoms with van der Waals surface area (Å²) in [7, 11) is 1.95. The molecule has 5 heteroatoms. The number of nitrogens with zero attached hydrogens (tertiary/aromatic N) is 2. The average molecular weight is 256 g/mol. The molecule has 2 atom stereocenters. The molecule has 17 heavy (non-hydrogen) atoms. The largest absolute Gasteiger partial charge is 0.369 e. The molecule has 1 saturated heterocycles. The average Bonchev–Trinajstić information content (AvgIpc) is 2.24. The zero-order valence-corrected chi connectivity index (χ0v) is 11.5. The van der Waals surface area contributed by atoms with Crippen LogP contribution in [0.5, 0.6) is 0 Å². The summed E-state index contributed by atoms with van der Waals surface area (Å²) in [6.45, 7) is 7.92. The van der Waals surface area contributed by atoms with Gasteiger partial charge in [-0.05, 0) is 12.8 Å². The van der Waals surface area contributed by atoms with Gasteiger partial charge in [0.1, 0.15) is 0 Å². The summed E-state index contributed by atoms with van der Waals surface area (Å²) in [4.78, 5) is 13.9. The number of allylic oxidation sites excluding steroid dienone is 1. The molecule has 1 aliphatic heterocycles. The van der Waals surface area contributed by atoms with E-state index in [2.05, 4.69) is 6.58 Å². The third-order valence-corrected chi connectivity index (χ3v) is 4.37. The quantitative estimate of drug-likeness (QED) is 0.335. The van der Waals surface area contributed by atoms with Gasteiger partial charge in [-0.2, -0.15) is 0 Å². The van der Waals surface area contributed by atoms with Crippen molar-refractivity contribution in [3.63, 3.8) is 0 Å². The Hall–Kier alpha value is -0.970. The number of thiocarbonyl (C=S) groups is 1. The molecule has 0 saturated carbocycles. The fourth-order valence-electron chi connectivity index (χ4n) is 2.52. The van der Waals surface area contributed by atoms with Crippen LogP contribution in [-0.4, -0.2) is 33.9 Å². The van der Waals surface area contributed by atoms with Crippen molar-refractivity contribution >= 4 is 17.2 Å². The van der Waals surface area contributed by atoms with E-state index in [4.69, 9.17) is 12.2 Å². The van der Waals surface area contributed by atoms with Crippen LogP contribution in [0.3, 0.4) is 0 Å². The number of piperidine rings is 1. The molecule has 0 aliphatic carbocycles. The number of hydrogen-bond donors (Lipinski definition) is 0. The molecule has 96 valence electrons. The van der Waals surface area contributed by atoms with Crippen molar-refractivity contribution in [2.75, 3.05) is 13.6 Å². The molecule has 0 amide bonds. The van der Waals surface area contributed by atoms with Crippen LogP contribution >= 0.6 is 12.2 Å². The van der Waals surface area contributed by atoms with Crippen LogP contribution in [0, 0.1) is 22.0 Å². The van der Waals surface area contributed by atoms with Gasteiger partial charge in [-0.3, -0.25) is 10.1 Å². The van der Waals surface area contributed by atoms with Gasteiger partial charge in [-0.15, -0.1) is 6.58 Å². The second kappa shape index (κ2) is 5.12. The van der Waals surface area contributed by atoms with E-state index in [0.29, 0.717) is 6.42 Å². The molecule has 0 aromatic rings. The van der Waals surface area contributed by atoms with Crippen LogP contribution < -0.4 is 0 Å². The Balaban J connectivity index is 3.00. The number of likely N-dealkylation sites (tertiary alicyclic amines) is 1. The zero-order chi connectivity index (χ0) is 13.2. The number of hydrogen-bond acceptors (Lipinski definition) is 3. The molecular formula is C12H20N2O2S. The second-order valence-electron chi connectivity index (χ2n) is 5.20. The second-order valence-corrected chi connectivity index (χ2v) is 5.61. The lowest BCUT2D eigenvalue weighted by Crippen LogP contribution is -2.52. The van der Waals surface area contributed by atoms with Gasteiger partial charge in [0, 0.05) is 44.2 Å². The highest BCUT2D eigenvalue weighted by molar-refractivity contribution is 7.80. The summed E-state index contributed by atoms with van der Waals surface area (Å²) in [5.41, 5.74) is -0.932. The Labute approximate surface area is 108 Å². The zero-order valence-electron chi connectivity index (χ0n) is 10.7. The standard InChI is InChI=1S/C12H20N2O2S/c1-5-6-9-10(12(2,3)14(15)16)7-8-13(4)11(9)17/h5,9-10H,1,6-8H2,2-4H3/t9-,10+/m1/s1. The van der Waals surface area contributed by atoms with E-state index in [1.165, 1.54) is 0 Å². The SMILES string of the molecule is C=CC[C@H]1C(=S)N(C)CC[C@@H]1C(C)(C)[N+](=O)[O-]. The maximum absolute atomic E-state index is 11.2. The van der Waals surface area contributed by atoms with E-state index in [-0.39, 0.29) is 16.8 Å². The lowest BCUT2D eigenvalue weighted by molar-refractivity contribution is -0.573. The van der Waals surface area contributed by atoms with Gasteiger partial charge in [0.15, 0.2) is 0 Å². The van der Waals surface area contributed by atoms with Crippen LogP contribution in [0.2, 0.25) is 0 Å². The molecule has 0 radical (unpaired) electrons. The first kappa shape index (κ1) is 14.1. The first-order valence-electron chi connectivity index (χ1n) is 5.82. The normalized spacial score (nSPS) is 25.8. The van der Waals surface area contributed by atoms with E-state index in [9.17, 15) is 10.1 Å². The van der Waals surface area contributed by atoms with Crippen molar-refractivity contribution in [2.24, 2.45) is 11.8 Å². The Morgan fingerprint density at radius 3 is 2.76 bits per heavy atom. The molecule has 1 heterocycles. The summed E-state index contributed by atoms with van der Waals surface area (Å²) in [5, 5.41) is 11.2. The minimum absolute atomic E-state index is 0.0146. The topological polar surface area (TPSA) is 46.4 Å². The minimum Gasteiger partial charge on any atom is -0.369 e. The molecule has 0 aromatic carbocycles. The van der Waals surface area contributed by atoms with E-state index < -0.39 is 5.54 Å². The van der Waals surface area contributed by atoms with Gasteiger partial charge < -0.3 is 4.90 Å². The first-order chi connectivity index (χ1) is 7.82. The lowest BCUT2D eigenvalue weighted by Gasteiger charge is -2.41. The van der Waals surface area contributed by atoms with Gasteiger partial charge in [0.05, 0.1) is 4.99 Å². The van der Waals surface area contributed by atoms with Gasteiger partial charge in [-0.1, -0.05) is 18.3 Å². The first-order valence-corrected chi connectivity index (χ1v) is 6.23. The maximum Gasteiger partial charge on any atom is 0.220 e. The van der Waals surface area contributed by atoms with Crippen LogP contribution in [0.25, 0.3) is 0 Å². The molecule has 0 N–H and O–H groups in total. The van der Waals surface area contributed by atoms with Crippen molar-refractivity contribution in [3.05, 3.63) is 22.8 Å². The van der Waals surface area contributed by atoms with Gasteiger partial charge in [-0.25, -0.2) is 0 Å². The van der Waals surface area contributed by atoms with Crippen LogP contribution in [0.1, 0.15) is 26.7 Å². The molecule has 1 fully saturated rings. The van der Waals surface area contributed by atoms with E-state index in [1.54, 1.807) is 19.9 Å². The number of nitro groups is 1. The predicted molar refractivity (Wildman–Crippen MR) is 72.7 cm³/mol. The third kappa shape index (κ3) is 2.65. The van der Waals surface area contributed by atoms with E-state index in [1.807, 2.05) is 11.9 Å². The highest BCUT2D eigenvalue weighted by Crippen LogP contribution is 2.37. The van der Waals surface area contributed by atoms with Gasteiger partial charge in [0.2, 0.25) is 5.54 Å². The van der Waals surface area contributed by atoms with Gasteiger partial charge >= 0.3 is 0 Å². The summed E-state index contributed by atoms with van der Waals surface area (Å²) in [6.07, 6.45) is 3.33. The molecular weight excluding hydrogens is 236 g/mol. The summed E-state index contributed by atoms with van der Waals surface area (Å²) in [6, 6.07) is 0. The maximum atomic E-state index is 11.2. The highest BCUT2D eigenvalue weighted by Gasteiger charge is 2.48. The monoisotopic (exact) mass is 256 g/mol. The lowest BCUT2D eigenvalue weighted by atomic mass is 9.72. The fraction of sp³-hybridized carbons (Fsp3) is 0.750. The van der Waals surface area contributed by atoms with Crippen molar-refractivity contribution < 1.29 is 4.92 Å². The molecule has 0 bridgehead atoms. The summed E-state index contributed by atoms with van der Waals surface area (Å²) < 4.78 is 0. The summed E-state index contributed by atoms with van der Waals surface area (Å²) >= 11 is 5.40. The van der Waals surface area contributed by atoms with E-state index in [0.717, 1.165) is 18.0 Å². The van der Waals surface area contributed by atoms with Crippen molar-refractivity contribution in [3.8, 4) is 0 Å². The van der Waals surface area contributed by atoms with E-state index >= 15 is 0 Å². The van der Waals surface area contributed by atoms with Crippen LogP contribution in [0.15, 0.2) is 12.7 Å². The molecule has 4 nitrogen and oxygen atoms in total. The molecule has 1 rings (SSSR count). The minimum atomic E-state index is -0.932. The Kier molecular flexibility index (Phi) is 4.25. The van der Waals surface area contributed by atoms with Gasteiger partial charge in [0.25, 0.3) is 0 Å². The summed E-state index contributed by atoms with van der Waals surface area (Å²) in [5.74, 6) is 0.0425. The third-order valence-electron chi connectivity index (χ3n) is 3.75. The molecule has 0 aromatic heterocycles. The molecule has 0 unspecified atom stereocenters. The highest BCUT2D eigenvalue weighted by atomic mass is 32.1. The Morgan fingerprint density at radius 2 is 2.29 bits per heavy atom. The van der Waals surface area contributed by atoms with Crippen LogP contribution in [0.4, 0.5) is 0 Å². The molecule has 1 aliphatic rings. The Morgan fingerprint density at radius 1 is 1.71 bits per heavy atom. The smallest absolute Gasteiger partial charge is 0.220 e. The van der Waals surface area contributed by atoms with Crippen molar-refractivity contribution in [1.82, 2.24) is 4.90 Å². The predicted octanol–water partition coefficient (Wildman–Crippen LogP) is 2.51. The number of rotatable bonds is 4. The van der Waals surface area contributed by atoms with Crippen molar-refractivity contribution in [2.45, 2.75) is 32.2 Å². The Bertz CT molecular complexity index is 341. The fourth-order valence-corrected chi connectivity index (χ4v) is 2.88. The molecule has 0 spiro atoms. The van der Waals surface area contributed by atoms with Crippen molar-refractivity contribution in [1.29, 1.82) is 0 Å².